The van der Waals surface area contributed by atoms with Crippen LogP contribution in [-0.2, 0) is 101 Å². The molecule has 0 aromatic heterocycles. The molecule has 43 heteroatoms. The number of aliphatic hydroxyl groups is 2. The molecule has 4 saturated carbocycles. The van der Waals surface area contributed by atoms with Crippen molar-refractivity contribution in [3.63, 3.8) is 0 Å². The highest BCUT2D eigenvalue weighted by molar-refractivity contribution is 7.98. The fraction of sp³-hybridized carbons (Fsp3) is 0.914. The Labute approximate surface area is 902 Å². The molecular weight excluding hydrogens is 1970 g/mol. The third-order valence-electron chi connectivity index (χ3n) is 30.0. The van der Waals surface area contributed by atoms with Gasteiger partial charge in [-0.15, -0.1) is 0 Å². The van der Waals surface area contributed by atoms with Gasteiger partial charge in [-0.2, -0.15) is 0 Å². The first-order chi connectivity index (χ1) is 69.5. The van der Waals surface area contributed by atoms with Crippen LogP contribution in [0.1, 0.15) is 182 Å². The maximum atomic E-state index is 11.9. The zero-order valence-corrected chi connectivity index (χ0v) is 102. The Morgan fingerprint density at radius 2 is 0.588 bits per heavy atom. The van der Waals surface area contributed by atoms with Gasteiger partial charge in [-0.1, -0.05) is 57.9 Å². The number of nitrogens with one attached hydrogen (secondary N) is 10. The minimum absolute atomic E-state index is 0.0161. The lowest BCUT2D eigenvalue weighted by atomic mass is 9.92. The van der Waals surface area contributed by atoms with Crippen LogP contribution in [0.2, 0.25) is 0 Å². The van der Waals surface area contributed by atoms with Crippen molar-refractivity contribution in [1.29, 1.82) is 0 Å². The summed E-state index contributed by atoms with van der Waals surface area (Å²) in [6.45, 7) is 22.0. The lowest BCUT2D eigenvalue weighted by molar-refractivity contribution is -0.134. The van der Waals surface area contributed by atoms with Crippen LogP contribution in [0, 0.1) is 0 Å². The number of aliphatic hydroxyl groups excluding tert-OH is 2. The number of likely N-dealkylation sites (N-methyl/N-ethyl adjacent to an activating group) is 16. The third kappa shape index (κ3) is 57.9. The summed E-state index contributed by atoms with van der Waals surface area (Å²) < 4.78 is 110. The molecule has 12 rings (SSSR count). The first-order valence-corrected chi connectivity index (χ1v) is 62.4. The second-order valence-corrected chi connectivity index (χ2v) is 52.6. The van der Waals surface area contributed by atoms with Gasteiger partial charge in [0, 0.05) is 244 Å². The fourth-order valence-corrected chi connectivity index (χ4v) is 23.9. The maximum Gasteiger partial charge on any atom is 0.219 e. The van der Waals surface area contributed by atoms with Crippen LogP contribution in [0.5, 0.6) is 0 Å². The van der Waals surface area contributed by atoms with Crippen molar-refractivity contribution in [1.82, 2.24) is 99.8 Å². The Morgan fingerprint density at radius 3 is 0.953 bits per heavy atom. The van der Waals surface area contributed by atoms with Gasteiger partial charge >= 0.3 is 0 Å². The van der Waals surface area contributed by atoms with Crippen molar-refractivity contribution in [2.45, 2.75) is 327 Å². The highest BCUT2D eigenvalue weighted by atomic mass is 32.2. The Kier molecular flexibility index (Phi) is 74.7. The molecule has 8 aliphatic heterocycles. The molecule has 4 aliphatic carbocycles. The zero-order valence-electron chi connectivity index (χ0n) is 98.6. The van der Waals surface area contributed by atoms with Gasteiger partial charge in [0.05, 0.1) is 126 Å². The second kappa shape index (κ2) is 77.4. The summed E-state index contributed by atoms with van der Waals surface area (Å²) in [5.41, 5.74) is 1.01. The highest BCUT2D eigenvalue weighted by Gasteiger charge is 2.38. The first-order valence-electron chi connectivity index (χ1n) is 54.0. The highest BCUT2D eigenvalue weighted by Crippen LogP contribution is 2.28. The number of nitrogens with zero attached hydrogens (tertiary/aromatic N) is 10. The van der Waals surface area contributed by atoms with Gasteiger partial charge in [0.2, 0.25) is 17.7 Å². The van der Waals surface area contributed by atoms with E-state index in [2.05, 4.69) is 154 Å². The standard InChI is InChI=1S/C10H22N2O2S.C10H20N2O2.2C9H20N2O2S.2C9H18N2O2.C9H18N2O.C9H19NO.C8H18N2O2S.2C8H17NO.C7H15NO/c1-11(2)9-6-7-14-8-10(9)12(3)15(4,5)13;1-8(13)12(4)10-7-14-6-5-9(10)11(2)3;1-11(2)9-5-6-13-7-8(9)10-14(3,4)12;1-10-8-5-6-13-7-9(8)11(2)14(3,4)12;1-7(12)10-8-6-13-5-4-9(8)11(2)3;1-7(12)11(3)9-6-13-5-4-8(9)10-2;1-7(2)11-9-6-12-5-4-8(9)10-3;1-10(2)8-6-4-5-7-9(8)11-3;1-9-7-4-5-12-6-8(7)10-13(2,3)11;1-9-7-5-3-4-6-8(7)10-2;1-9(2)7-5-3-4-6-8(7)10;1-8-6-4-2-3-5-7(6)9/h9-10H,4,6-8H2,1-3,5H3;9-10H,5-7H2,1-4H3;8-9H,3,5-7H2,1-2,4H3,(H,10,12);8-10H,3,5-7H2,1-2,4H3;8-9H,4-6H2,1-3H3,(H,10,12);8-10H,4-6H2,1-3H3;8-11H,1,4-6H2,2-3H3;8-9H,4-7H2,1-3H3;7-9H,2,4-6H2,1,3H3,(H,10,11);7-9H,3-6H2,1-2H3;7-8,10H,3-6H2,1-2H3;6-9H,2-5H2,1H3. The number of hydrogen-bond donors (Lipinski definition) is 12. The topological polar surface area (TPSA) is 405 Å². The van der Waals surface area contributed by atoms with Crippen LogP contribution in [0.25, 0.3) is 0 Å². The maximum absolute atomic E-state index is 11.9. The molecule has 3 amide bonds. The zero-order chi connectivity index (χ0) is 112. The van der Waals surface area contributed by atoms with Crippen LogP contribution in [-0.4, -0.2) is 561 Å². The summed E-state index contributed by atoms with van der Waals surface area (Å²) in [5.74, 6) is 14.8. The summed E-state index contributed by atoms with van der Waals surface area (Å²) in [7, 11) is 38.8. The molecular formula is C105H222N20O19S4. The van der Waals surface area contributed by atoms with Crippen molar-refractivity contribution in [2.24, 2.45) is 0 Å². The summed E-state index contributed by atoms with van der Waals surface area (Å²) in [4.78, 5) is 49.9. The lowest BCUT2D eigenvalue weighted by Gasteiger charge is -2.41. The summed E-state index contributed by atoms with van der Waals surface area (Å²) in [6.07, 6.45) is 34.8. The van der Waals surface area contributed by atoms with Crippen LogP contribution in [0.15, 0.2) is 12.3 Å². The van der Waals surface area contributed by atoms with Crippen molar-refractivity contribution < 1.29 is 88.8 Å². The van der Waals surface area contributed by atoms with Crippen molar-refractivity contribution >= 4 is 80.0 Å². The SMILES string of the molecule is C=C(C)NC1COCCC1NC.C=S(C)(=O)N(C)C1COCCC1N(C)C.C=S(C)(=O)N(C)C1COCCC1NC.C=S(C)(=O)NC1COCCC1N(C)C.C=S(C)(=O)NC1COCCC1NC.CC(=O)N(C)C1COCCC1N(C)C.CC(=O)NC1COCCC1N(C)C.CN(C)C1CCCCC1O.CNC1CCCCC1O.CNC1CCCCC1OC.CNC1CCOCC1N(C)C(C)=O.COC1CCCCC1N(C)C. The quantitative estimate of drug-likeness (QED) is 0.0526. The molecule has 28 atom stereocenters. The molecule has 148 heavy (non-hydrogen) atoms. The molecule has 0 bridgehead atoms. The minimum atomic E-state index is -2.15. The summed E-state index contributed by atoms with van der Waals surface area (Å²) in [5, 5.41) is 44.3. The predicted octanol–water partition coefficient (Wildman–Crippen LogP) is 2.61. The number of methoxy groups -OCH3 is 2. The van der Waals surface area contributed by atoms with E-state index >= 15 is 0 Å². The number of carbonyl (C=O) groups excluding carboxylic acids is 3. The molecule has 0 radical (unpaired) electrons. The van der Waals surface area contributed by atoms with E-state index in [0.717, 1.165) is 142 Å². The smallest absolute Gasteiger partial charge is 0.219 e. The van der Waals surface area contributed by atoms with Gasteiger partial charge < -0.3 is 139 Å². The van der Waals surface area contributed by atoms with E-state index in [1.165, 1.54) is 77.0 Å². The van der Waals surface area contributed by atoms with E-state index in [0.29, 0.717) is 137 Å². The number of rotatable bonds is 27. The minimum Gasteiger partial charge on any atom is -0.392 e. The largest absolute Gasteiger partial charge is 0.392 e. The summed E-state index contributed by atoms with van der Waals surface area (Å²) in [6, 6.07) is 6.59. The Balaban J connectivity index is 0.000000809. The van der Waals surface area contributed by atoms with E-state index in [1.54, 1.807) is 62.7 Å². The van der Waals surface area contributed by atoms with Gasteiger partial charge in [0.15, 0.2) is 0 Å². The molecule has 0 spiro atoms. The number of allylic oxidation sites excluding steroid dienone is 1. The molecule has 28 unspecified atom stereocenters. The van der Waals surface area contributed by atoms with Gasteiger partial charge in [-0.3, -0.25) is 31.2 Å². The molecule has 8 heterocycles. The number of hydrogen-bond acceptors (Lipinski definition) is 32. The molecule has 12 aliphatic rings. The number of carbonyl (C=O) groups is 3. The van der Waals surface area contributed by atoms with Crippen molar-refractivity contribution in [3.05, 3.63) is 12.3 Å². The van der Waals surface area contributed by atoms with E-state index < -0.39 is 38.8 Å². The van der Waals surface area contributed by atoms with Crippen molar-refractivity contribution in [2.75, 3.05) is 300 Å². The predicted molar refractivity (Wildman–Crippen MR) is 618 cm³/mol. The molecule has 12 fully saturated rings. The van der Waals surface area contributed by atoms with Crippen LogP contribution in [0.3, 0.4) is 0 Å². The number of ether oxygens (including phenoxy) is 10. The van der Waals surface area contributed by atoms with E-state index in [9.17, 15) is 41.4 Å². The van der Waals surface area contributed by atoms with Crippen LogP contribution in [0.4, 0.5) is 0 Å². The number of amides is 3. The molecule has 880 valence electrons. The molecule has 0 aromatic rings. The second-order valence-electron chi connectivity index (χ2n) is 43.1. The molecule has 8 saturated heterocycles. The summed E-state index contributed by atoms with van der Waals surface area (Å²) >= 11 is 0. The normalized spacial score (nSPS) is 31.9. The van der Waals surface area contributed by atoms with Gasteiger partial charge in [-0.25, -0.2) is 18.1 Å². The fourth-order valence-electron chi connectivity index (χ4n) is 20.6. The monoisotopic (exact) mass is 2200 g/mol. The molecule has 12 N–H and O–H groups in total. The third-order valence-corrected chi connectivity index (χ3v) is 34.5. The van der Waals surface area contributed by atoms with Gasteiger partial charge in [0.1, 0.15) is 0 Å². The van der Waals surface area contributed by atoms with Crippen LogP contribution < -0.4 is 52.0 Å². The first kappa shape index (κ1) is 143. The van der Waals surface area contributed by atoms with E-state index in [4.69, 9.17) is 47.4 Å². The Morgan fingerprint density at radius 1 is 0.291 bits per heavy atom. The van der Waals surface area contributed by atoms with Crippen molar-refractivity contribution in [3.8, 4) is 0 Å². The average Bonchev–Trinajstić information content (AvgIpc) is 0.840. The Hall–Kier alpha value is -3.09. The molecule has 0 aromatic carbocycles. The average molecular weight is 2200 g/mol. The van der Waals surface area contributed by atoms with Crippen LogP contribution >= 0.6 is 0 Å². The molecule has 39 nitrogen and oxygen atoms in total. The van der Waals surface area contributed by atoms with E-state index in [1.807, 2.05) is 135 Å². The van der Waals surface area contributed by atoms with E-state index in [-0.39, 0.29) is 72.2 Å². The lowest BCUT2D eigenvalue weighted by Crippen LogP contribution is -2.54. The Bertz CT molecular complexity index is 3950. The van der Waals surface area contributed by atoms with Gasteiger partial charge in [0.25, 0.3) is 0 Å². The van der Waals surface area contributed by atoms with Gasteiger partial charge in [-0.05, 0) is 274 Å².